The molecular formula is C9H8N2O. The van der Waals surface area contributed by atoms with Crippen LogP contribution >= 0.6 is 0 Å². The van der Waals surface area contributed by atoms with E-state index in [1.54, 1.807) is 18.5 Å². The number of aliphatic imine (C=N–C) groups is 1. The van der Waals surface area contributed by atoms with Crippen LogP contribution in [0, 0.1) is 0 Å². The van der Waals surface area contributed by atoms with Crippen LogP contribution in [0.1, 0.15) is 5.56 Å². The van der Waals surface area contributed by atoms with E-state index < -0.39 is 0 Å². The minimum Gasteiger partial charge on any atom is -0.264 e. The Morgan fingerprint density at radius 2 is 2.58 bits per heavy atom. The van der Waals surface area contributed by atoms with Gasteiger partial charge in [-0.15, -0.1) is 0 Å². The Kier molecular flexibility index (Phi) is 3.48. The van der Waals surface area contributed by atoms with Crippen molar-refractivity contribution in [1.29, 1.82) is 0 Å². The average Bonchev–Trinajstić information content (AvgIpc) is 2.14. The van der Waals surface area contributed by atoms with Crippen molar-refractivity contribution in [3.63, 3.8) is 0 Å². The molecular weight excluding hydrogens is 152 g/mol. The molecule has 1 heterocycles. The lowest BCUT2D eigenvalue weighted by atomic mass is 10.2. The number of pyridine rings is 1. The Morgan fingerprint density at radius 1 is 1.67 bits per heavy atom. The molecule has 0 bridgehead atoms. The highest BCUT2D eigenvalue weighted by Crippen LogP contribution is 1.97. The van der Waals surface area contributed by atoms with Crippen molar-refractivity contribution in [3.05, 3.63) is 36.2 Å². The number of hydrogen-bond acceptors (Lipinski definition) is 3. The SMILES string of the molecule is O=C=NCC=Cc1cccnc1. The van der Waals surface area contributed by atoms with Gasteiger partial charge in [-0.1, -0.05) is 18.2 Å². The van der Waals surface area contributed by atoms with E-state index in [2.05, 4.69) is 9.98 Å². The standard InChI is InChI=1S/C9H8N2O/c12-8-11-6-2-4-9-3-1-5-10-7-9/h1-5,7H,6H2. The third-order valence-electron chi connectivity index (χ3n) is 1.26. The summed E-state index contributed by atoms with van der Waals surface area (Å²) in [6.07, 6.45) is 8.54. The molecule has 0 amide bonds. The van der Waals surface area contributed by atoms with Gasteiger partial charge in [0.15, 0.2) is 0 Å². The van der Waals surface area contributed by atoms with E-state index in [0.29, 0.717) is 6.54 Å². The molecule has 0 aliphatic rings. The highest BCUT2D eigenvalue weighted by atomic mass is 16.1. The maximum absolute atomic E-state index is 9.68. The minimum absolute atomic E-state index is 0.373. The fraction of sp³-hybridized carbons (Fsp3) is 0.111. The van der Waals surface area contributed by atoms with Crippen LogP contribution in [-0.4, -0.2) is 17.6 Å². The molecule has 12 heavy (non-hydrogen) atoms. The van der Waals surface area contributed by atoms with E-state index >= 15 is 0 Å². The molecule has 0 saturated heterocycles. The van der Waals surface area contributed by atoms with Gasteiger partial charge in [0.05, 0.1) is 6.54 Å². The summed E-state index contributed by atoms with van der Waals surface area (Å²) < 4.78 is 0. The van der Waals surface area contributed by atoms with Gasteiger partial charge in [0.2, 0.25) is 6.08 Å². The lowest BCUT2D eigenvalue weighted by molar-refractivity contribution is 0.564. The number of hydrogen-bond donors (Lipinski definition) is 0. The van der Waals surface area contributed by atoms with E-state index in [4.69, 9.17) is 0 Å². The van der Waals surface area contributed by atoms with E-state index in [1.165, 1.54) is 6.08 Å². The second kappa shape index (κ2) is 4.99. The van der Waals surface area contributed by atoms with E-state index in [-0.39, 0.29) is 0 Å². The summed E-state index contributed by atoms with van der Waals surface area (Å²) in [5, 5.41) is 0. The molecule has 3 nitrogen and oxygen atoms in total. The quantitative estimate of drug-likeness (QED) is 0.495. The molecule has 0 aromatic carbocycles. The van der Waals surface area contributed by atoms with Crippen LogP contribution < -0.4 is 0 Å². The lowest BCUT2D eigenvalue weighted by Crippen LogP contribution is -1.74. The molecule has 1 aromatic rings. The van der Waals surface area contributed by atoms with Crippen molar-refractivity contribution in [2.24, 2.45) is 4.99 Å². The van der Waals surface area contributed by atoms with Crippen molar-refractivity contribution in [1.82, 2.24) is 4.98 Å². The van der Waals surface area contributed by atoms with Crippen LogP contribution in [0.4, 0.5) is 0 Å². The van der Waals surface area contributed by atoms with Gasteiger partial charge in [0.25, 0.3) is 0 Å². The van der Waals surface area contributed by atoms with Gasteiger partial charge in [-0.25, -0.2) is 9.79 Å². The fourth-order valence-electron chi connectivity index (χ4n) is 0.753. The first-order valence-electron chi connectivity index (χ1n) is 3.53. The van der Waals surface area contributed by atoms with E-state index in [0.717, 1.165) is 5.56 Å². The smallest absolute Gasteiger partial charge is 0.235 e. The maximum Gasteiger partial charge on any atom is 0.235 e. The molecule has 0 saturated carbocycles. The van der Waals surface area contributed by atoms with Crippen molar-refractivity contribution in [2.45, 2.75) is 0 Å². The summed E-state index contributed by atoms with van der Waals surface area (Å²) in [5.74, 6) is 0. The molecule has 0 fully saturated rings. The first-order chi connectivity index (χ1) is 5.93. The summed E-state index contributed by atoms with van der Waals surface area (Å²) in [6, 6.07) is 3.77. The number of rotatable bonds is 3. The molecule has 0 aliphatic heterocycles. The monoisotopic (exact) mass is 160 g/mol. The second-order valence-corrected chi connectivity index (χ2v) is 2.12. The zero-order chi connectivity index (χ0) is 8.65. The lowest BCUT2D eigenvalue weighted by Gasteiger charge is -1.87. The molecule has 0 unspecified atom stereocenters. The normalized spacial score (nSPS) is 9.67. The Morgan fingerprint density at radius 3 is 3.25 bits per heavy atom. The molecule has 0 atom stereocenters. The zero-order valence-electron chi connectivity index (χ0n) is 6.47. The summed E-state index contributed by atoms with van der Waals surface area (Å²) in [7, 11) is 0. The highest BCUT2D eigenvalue weighted by Gasteiger charge is 1.81. The number of nitrogens with zero attached hydrogens (tertiary/aromatic N) is 2. The predicted octanol–water partition coefficient (Wildman–Crippen LogP) is 1.43. The maximum atomic E-state index is 9.68. The molecule has 3 heteroatoms. The molecule has 60 valence electrons. The average molecular weight is 160 g/mol. The summed E-state index contributed by atoms with van der Waals surface area (Å²) in [4.78, 5) is 17.0. The first-order valence-corrected chi connectivity index (χ1v) is 3.53. The topological polar surface area (TPSA) is 42.3 Å². The molecule has 1 rings (SSSR count). The summed E-state index contributed by atoms with van der Waals surface area (Å²) >= 11 is 0. The van der Waals surface area contributed by atoms with Gasteiger partial charge in [0, 0.05) is 12.4 Å². The van der Waals surface area contributed by atoms with Crippen LogP contribution in [0.25, 0.3) is 6.08 Å². The van der Waals surface area contributed by atoms with Crippen LogP contribution in [-0.2, 0) is 4.79 Å². The Balaban J connectivity index is 2.52. The van der Waals surface area contributed by atoms with Crippen molar-refractivity contribution in [3.8, 4) is 0 Å². The summed E-state index contributed by atoms with van der Waals surface area (Å²) in [5.41, 5.74) is 0.999. The Hall–Kier alpha value is -1.73. The third-order valence-corrected chi connectivity index (χ3v) is 1.26. The molecule has 0 aliphatic carbocycles. The fourth-order valence-corrected chi connectivity index (χ4v) is 0.753. The number of carbonyl (C=O) groups excluding carboxylic acids is 1. The van der Waals surface area contributed by atoms with E-state index in [9.17, 15) is 4.79 Å². The van der Waals surface area contributed by atoms with Crippen LogP contribution in [0.2, 0.25) is 0 Å². The van der Waals surface area contributed by atoms with Gasteiger partial charge in [-0.2, -0.15) is 0 Å². The summed E-state index contributed by atoms with van der Waals surface area (Å²) in [6.45, 7) is 0.373. The van der Waals surface area contributed by atoms with Crippen molar-refractivity contribution in [2.75, 3.05) is 6.54 Å². The first kappa shape index (κ1) is 8.37. The van der Waals surface area contributed by atoms with Crippen molar-refractivity contribution < 1.29 is 4.79 Å². The third kappa shape index (κ3) is 2.90. The molecule has 1 aromatic heterocycles. The van der Waals surface area contributed by atoms with Crippen LogP contribution in [0.5, 0.6) is 0 Å². The molecule has 0 radical (unpaired) electrons. The highest BCUT2D eigenvalue weighted by molar-refractivity contribution is 5.47. The zero-order valence-corrected chi connectivity index (χ0v) is 6.47. The van der Waals surface area contributed by atoms with Gasteiger partial charge < -0.3 is 0 Å². The predicted molar refractivity (Wildman–Crippen MR) is 46.3 cm³/mol. The van der Waals surface area contributed by atoms with Gasteiger partial charge in [-0.05, 0) is 11.6 Å². The Bertz CT molecular complexity index is 300. The number of aromatic nitrogens is 1. The van der Waals surface area contributed by atoms with Gasteiger partial charge >= 0.3 is 0 Å². The largest absolute Gasteiger partial charge is 0.264 e. The van der Waals surface area contributed by atoms with E-state index in [1.807, 2.05) is 18.2 Å². The van der Waals surface area contributed by atoms with Crippen molar-refractivity contribution >= 4 is 12.2 Å². The van der Waals surface area contributed by atoms with Gasteiger partial charge in [-0.3, -0.25) is 4.98 Å². The van der Waals surface area contributed by atoms with Crippen LogP contribution in [0.15, 0.2) is 35.6 Å². The molecule has 0 N–H and O–H groups in total. The number of isocyanates is 1. The second-order valence-electron chi connectivity index (χ2n) is 2.12. The Labute approximate surface area is 70.5 Å². The van der Waals surface area contributed by atoms with Crippen LogP contribution in [0.3, 0.4) is 0 Å². The minimum atomic E-state index is 0.373. The van der Waals surface area contributed by atoms with Gasteiger partial charge in [0.1, 0.15) is 0 Å². The molecule has 0 spiro atoms.